The SMILES string of the molecule is [2H]c1ccc(C(N)=O)nc1. The summed E-state index contributed by atoms with van der Waals surface area (Å²) < 4.78 is 7.02. The predicted octanol–water partition coefficient (Wildman–Crippen LogP) is 0.181. The molecule has 2 N–H and O–H groups in total. The number of nitrogens with two attached hydrogens (primary N) is 1. The molecule has 1 heterocycles. The predicted molar refractivity (Wildman–Crippen MR) is 32.8 cm³/mol. The molecule has 0 unspecified atom stereocenters. The minimum Gasteiger partial charge on any atom is -0.364 e. The topological polar surface area (TPSA) is 56.0 Å². The van der Waals surface area contributed by atoms with Crippen molar-refractivity contribution < 1.29 is 6.17 Å². The van der Waals surface area contributed by atoms with Crippen molar-refractivity contribution in [2.75, 3.05) is 0 Å². The van der Waals surface area contributed by atoms with Crippen LogP contribution in [0.3, 0.4) is 0 Å². The van der Waals surface area contributed by atoms with Gasteiger partial charge in [0, 0.05) is 6.20 Å². The lowest BCUT2D eigenvalue weighted by Gasteiger charge is -1.88. The van der Waals surface area contributed by atoms with E-state index in [0.717, 1.165) is 0 Å². The van der Waals surface area contributed by atoms with E-state index in [-0.39, 0.29) is 11.7 Å². The van der Waals surface area contributed by atoms with E-state index in [1.54, 1.807) is 0 Å². The van der Waals surface area contributed by atoms with Crippen molar-refractivity contribution in [1.29, 1.82) is 0 Å². The molecule has 1 amide bonds. The Bertz CT molecular complexity index is 244. The summed E-state index contributed by atoms with van der Waals surface area (Å²) in [6, 6.07) is 3.16. The number of nitrogens with zero attached hydrogens (tertiary/aromatic N) is 1. The molecule has 0 aliphatic heterocycles. The monoisotopic (exact) mass is 123 g/mol. The highest BCUT2D eigenvalue weighted by Gasteiger charge is 1.95. The number of pyridine rings is 1. The summed E-state index contributed by atoms with van der Waals surface area (Å²) in [5.41, 5.74) is 5.09. The average molecular weight is 123 g/mol. The molecule has 0 radical (unpaired) electrons. The largest absolute Gasteiger partial charge is 0.364 e. The minimum atomic E-state index is -0.569. The van der Waals surface area contributed by atoms with Crippen LogP contribution in [0, 0.1) is 0 Å². The molecule has 1 rings (SSSR count). The lowest BCUT2D eigenvalue weighted by Crippen LogP contribution is -2.12. The van der Waals surface area contributed by atoms with Crippen molar-refractivity contribution in [2.24, 2.45) is 5.73 Å². The van der Waals surface area contributed by atoms with Crippen LogP contribution >= 0.6 is 0 Å². The first-order chi connectivity index (χ1) is 4.70. The van der Waals surface area contributed by atoms with Crippen LogP contribution in [0.1, 0.15) is 11.9 Å². The Morgan fingerprint density at radius 2 is 2.67 bits per heavy atom. The molecule has 0 fully saturated rings. The van der Waals surface area contributed by atoms with Gasteiger partial charge >= 0.3 is 0 Å². The highest BCUT2D eigenvalue weighted by Crippen LogP contribution is 1.88. The fourth-order valence-electron chi connectivity index (χ4n) is 0.466. The molecule has 3 nitrogen and oxygen atoms in total. The molecule has 1 aromatic heterocycles. The van der Waals surface area contributed by atoms with Crippen molar-refractivity contribution in [3.63, 3.8) is 0 Å². The second kappa shape index (κ2) is 2.26. The summed E-state index contributed by atoms with van der Waals surface area (Å²) in [6.45, 7) is 0. The van der Waals surface area contributed by atoms with E-state index in [1.165, 1.54) is 18.3 Å². The lowest BCUT2D eigenvalue weighted by atomic mass is 10.3. The molecule has 46 valence electrons. The third-order valence-corrected chi connectivity index (χ3v) is 0.868. The van der Waals surface area contributed by atoms with Crippen LogP contribution in [-0.2, 0) is 0 Å². The molecular formula is C6H6N2O. The summed E-state index contributed by atoms with van der Waals surface area (Å²) in [4.78, 5) is 14.0. The van der Waals surface area contributed by atoms with Gasteiger partial charge in [0.15, 0.2) is 0 Å². The molecule has 0 bridgehead atoms. The van der Waals surface area contributed by atoms with E-state index in [0.29, 0.717) is 0 Å². The maximum Gasteiger partial charge on any atom is 0.267 e. The van der Waals surface area contributed by atoms with Crippen LogP contribution in [0.25, 0.3) is 0 Å². The number of carbonyl (C=O) groups is 1. The van der Waals surface area contributed by atoms with Gasteiger partial charge < -0.3 is 5.73 Å². The van der Waals surface area contributed by atoms with Crippen LogP contribution in [0.2, 0.25) is 0 Å². The van der Waals surface area contributed by atoms with Gasteiger partial charge in [-0.3, -0.25) is 9.78 Å². The number of primary amides is 1. The Morgan fingerprint density at radius 3 is 3.11 bits per heavy atom. The van der Waals surface area contributed by atoms with Gasteiger partial charge in [0.1, 0.15) is 5.69 Å². The fourth-order valence-corrected chi connectivity index (χ4v) is 0.466. The second-order valence-corrected chi connectivity index (χ2v) is 1.51. The Kier molecular flexibility index (Phi) is 1.13. The minimum absolute atomic E-state index is 0.191. The van der Waals surface area contributed by atoms with Gasteiger partial charge in [0.05, 0.1) is 1.37 Å². The third kappa shape index (κ3) is 1.25. The molecule has 0 atom stereocenters. The number of amides is 1. The molecule has 0 spiro atoms. The summed E-state index contributed by atoms with van der Waals surface area (Å²) in [7, 11) is 0. The van der Waals surface area contributed by atoms with Gasteiger partial charge in [-0.05, 0) is 12.1 Å². The Hall–Kier alpha value is -1.38. The van der Waals surface area contributed by atoms with Crippen molar-refractivity contribution in [3.05, 3.63) is 30.1 Å². The first-order valence-electron chi connectivity index (χ1n) is 2.92. The summed E-state index contributed by atoms with van der Waals surface area (Å²) >= 11 is 0. The quantitative estimate of drug-likeness (QED) is 0.579. The van der Waals surface area contributed by atoms with Gasteiger partial charge in [0.25, 0.3) is 5.91 Å². The van der Waals surface area contributed by atoms with Crippen molar-refractivity contribution in [1.82, 2.24) is 4.98 Å². The van der Waals surface area contributed by atoms with Crippen LogP contribution in [-0.4, -0.2) is 10.9 Å². The van der Waals surface area contributed by atoms with E-state index in [4.69, 9.17) is 7.10 Å². The van der Waals surface area contributed by atoms with E-state index in [2.05, 4.69) is 4.98 Å². The molecule has 0 aromatic carbocycles. The Labute approximate surface area is 53.9 Å². The molecule has 0 aliphatic rings. The van der Waals surface area contributed by atoms with E-state index in [9.17, 15) is 4.79 Å². The van der Waals surface area contributed by atoms with Gasteiger partial charge in [-0.1, -0.05) is 6.07 Å². The Morgan fingerprint density at radius 1 is 1.89 bits per heavy atom. The number of carbonyl (C=O) groups excluding carboxylic acids is 1. The molecule has 3 heteroatoms. The fraction of sp³-hybridized carbons (Fsp3) is 0. The van der Waals surface area contributed by atoms with Crippen LogP contribution in [0.5, 0.6) is 0 Å². The highest BCUT2D eigenvalue weighted by molar-refractivity contribution is 5.90. The maximum absolute atomic E-state index is 10.4. The molecule has 1 aromatic rings. The zero-order valence-corrected chi connectivity index (χ0v) is 4.66. The molecule has 0 aliphatic carbocycles. The number of hydrogen-bond donors (Lipinski definition) is 1. The average Bonchev–Trinajstić information content (AvgIpc) is 1.88. The lowest BCUT2D eigenvalue weighted by molar-refractivity contribution is 0.0995. The second-order valence-electron chi connectivity index (χ2n) is 1.51. The van der Waals surface area contributed by atoms with Crippen molar-refractivity contribution >= 4 is 5.91 Å². The zero-order chi connectivity index (χ0) is 7.56. The smallest absolute Gasteiger partial charge is 0.267 e. The van der Waals surface area contributed by atoms with Crippen molar-refractivity contribution in [3.8, 4) is 0 Å². The van der Waals surface area contributed by atoms with Crippen molar-refractivity contribution in [2.45, 2.75) is 0 Å². The summed E-state index contributed by atoms with van der Waals surface area (Å²) in [5.74, 6) is -0.569. The molecule has 0 saturated heterocycles. The zero-order valence-electron chi connectivity index (χ0n) is 5.66. The number of aromatic nitrogens is 1. The summed E-state index contributed by atoms with van der Waals surface area (Å²) in [5, 5.41) is 0. The van der Waals surface area contributed by atoms with Crippen LogP contribution in [0.15, 0.2) is 24.4 Å². The molecule has 9 heavy (non-hydrogen) atoms. The molecule has 0 saturated carbocycles. The first kappa shape index (κ1) is 4.49. The van der Waals surface area contributed by atoms with Gasteiger partial charge in [-0.15, -0.1) is 0 Å². The normalized spacial score (nSPS) is 10.4. The van der Waals surface area contributed by atoms with Gasteiger partial charge in [-0.25, -0.2) is 0 Å². The number of rotatable bonds is 1. The van der Waals surface area contributed by atoms with Gasteiger partial charge in [-0.2, -0.15) is 0 Å². The first-order valence-corrected chi connectivity index (χ1v) is 2.42. The van der Waals surface area contributed by atoms with E-state index >= 15 is 0 Å². The maximum atomic E-state index is 10.4. The summed E-state index contributed by atoms with van der Waals surface area (Å²) in [6.07, 6.45) is 1.28. The van der Waals surface area contributed by atoms with Crippen LogP contribution in [0.4, 0.5) is 0 Å². The van der Waals surface area contributed by atoms with Gasteiger partial charge in [0.2, 0.25) is 0 Å². The standard InChI is InChI=1S/C6H6N2O/c7-6(9)5-3-1-2-4-8-5/h1-4H,(H2,7,9)/i2D. The Balaban J connectivity index is 3.00. The van der Waals surface area contributed by atoms with Crippen LogP contribution < -0.4 is 5.73 Å². The highest BCUT2D eigenvalue weighted by atomic mass is 16.1. The molecular weight excluding hydrogens is 116 g/mol. The number of hydrogen-bond acceptors (Lipinski definition) is 2. The van der Waals surface area contributed by atoms with E-state index in [1.807, 2.05) is 0 Å². The van der Waals surface area contributed by atoms with E-state index < -0.39 is 5.91 Å². The third-order valence-electron chi connectivity index (χ3n) is 0.868.